The van der Waals surface area contributed by atoms with Gasteiger partial charge in [-0.1, -0.05) is 50.8 Å². The molecule has 0 unspecified atom stereocenters. The molecule has 17 heavy (non-hydrogen) atoms. The van der Waals surface area contributed by atoms with E-state index in [0.717, 1.165) is 5.82 Å². The monoisotopic (exact) mass is 254 g/mol. The van der Waals surface area contributed by atoms with Crippen LogP contribution in [0.3, 0.4) is 0 Å². The van der Waals surface area contributed by atoms with Crippen LogP contribution in [0.15, 0.2) is 12.1 Å². The first-order chi connectivity index (χ1) is 8.25. The van der Waals surface area contributed by atoms with Crippen molar-refractivity contribution in [3.05, 3.63) is 22.8 Å². The van der Waals surface area contributed by atoms with Gasteiger partial charge in [0.1, 0.15) is 11.0 Å². The zero-order valence-electron chi connectivity index (χ0n) is 11.1. The van der Waals surface area contributed by atoms with Crippen LogP contribution in [0.2, 0.25) is 5.15 Å². The van der Waals surface area contributed by atoms with Crippen molar-refractivity contribution in [2.45, 2.75) is 58.9 Å². The lowest BCUT2D eigenvalue weighted by molar-refractivity contribution is 0.461. The second-order valence-electron chi connectivity index (χ2n) is 4.28. The van der Waals surface area contributed by atoms with E-state index in [2.05, 4.69) is 17.2 Å². The minimum atomic E-state index is 0.568. The Hall–Kier alpha value is -0.760. The predicted octanol–water partition coefficient (Wildman–Crippen LogP) is 4.81. The third kappa shape index (κ3) is 4.55. The molecule has 0 spiro atoms. The molecule has 0 aromatic carbocycles. The molecule has 1 aliphatic rings. The summed E-state index contributed by atoms with van der Waals surface area (Å²) in [5, 5.41) is 4.06. The van der Waals surface area contributed by atoms with Crippen molar-refractivity contribution in [2.24, 2.45) is 0 Å². The van der Waals surface area contributed by atoms with Gasteiger partial charge in [-0.2, -0.15) is 0 Å². The number of pyridine rings is 1. The van der Waals surface area contributed by atoms with Crippen LogP contribution in [0.4, 0.5) is 5.82 Å². The first-order valence-corrected chi connectivity index (χ1v) is 7.03. The zero-order chi connectivity index (χ0) is 12.7. The lowest BCUT2D eigenvalue weighted by atomic mass is 9.95. The molecule has 0 saturated heterocycles. The average molecular weight is 255 g/mol. The van der Waals surface area contributed by atoms with E-state index in [1.54, 1.807) is 0 Å². The van der Waals surface area contributed by atoms with Crippen LogP contribution in [0, 0.1) is 6.92 Å². The van der Waals surface area contributed by atoms with Gasteiger partial charge in [-0.25, -0.2) is 4.98 Å². The summed E-state index contributed by atoms with van der Waals surface area (Å²) >= 11 is 5.88. The highest BCUT2D eigenvalue weighted by Crippen LogP contribution is 2.23. The van der Waals surface area contributed by atoms with E-state index in [1.807, 2.05) is 26.0 Å². The summed E-state index contributed by atoms with van der Waals surface area (Å²) in [6.07, 6.45) is 6.55. The largest absolute Gasteiger partial charge is 0.367 e. The van der Waals surface area contributed by atoms with Gasteiger partial charge in [0.15, 0.2) is 0 Å². The SMILES string of the molecule is CC.Cc1ccc(Cl)nc1NC1CCCCC1. The predicted molar refractivity (Wildman–Crippen MR) is 75.8 cm³/mol. The van der Waals surface area contributed by atoms with Gasteiger partial charge in [-0.15, -0.1) is 0 Å². The van der Waals surface area contributed by atoms with Crippen molar-refractivity contribution in [2.75, 3.05) is 5.32 Å². The van der Waals surface area contributed by atoms with Crippen molar-refractivity contribution in [1.82, 2.24) is 4.98 Å². The molecule has 1 aliphatic carbocycles. The number of rotatable bonds is 2. The van der Waals surface area contributed by atoms with E-state index >= 15 is 0 Å². The average Bonchev–Trinajstić information content (AvgIpc) is 2.38. The molecule has 96 valence electrons. The fourth-order valence-electron chi connectivity index (χ4n) is 2.09. The zero-order valence-corrected chi connectivity index (χ0v) is 11.8. The minimum absolute atomic E-state index is 0.568. The van der Waals surface area contributed by atoms with E-state index in [1.165, 1.54) is 37.7 Å². The maximum Gasteiger partial charge on any atom is 0.131 e. The first kappa shape index (κ1) is 14.3. The normalized spacial score (nSPS) is 16.0. The lowest BCUT2D eigenvalue weighted by Crippen LogP contribution is -2.23. The Morgan fingerprint density at radius 2 is 1.82 bits per heavy atom. The van der Waals surface area contributed by atoms with Gasteiger partial charge in [-0.3, -0.25) is 0 Å². The van der Waals surface area contributed by atoms with E-state index in [0.29, 0.717) is 11.2 Å². The fraction of sp³-hybridized carbons (Fsp3) is 0.643. The van der Waals surface area contributed by atoms with Crippen LogP contribution in [0.1, 0.15) is 51.5 Å². The van der Waals surface area contributed by atoms with Gasteiger partial charge in [-0.05, 0) is 31.4 Å². The summed E-state index contributed by atoms with van der Waals surface area (Å²) in [4.78, 5) is 4.32. The number of aryl methyl sites for hydroxylation is 1. The Morgan fingerprint density at radius 1 is 1.18 bits per heavy atom. The summed E-state index contributed by atoms with van der Waals surface area (Å²) in [5.74, 6) is 0.953. The molecule has 3 heteroatoms. The van der Waals surface area contributed by atoms with Gasteiger partial charge < -0.3 is 5.32 Å². The number of hydrogen-bond donors (Lipinski definition) is 1. The van der Waals surface area contributed by atoms with Gasteiger partial charge >= 0.3 is 0 Å². The molecule has 0 radical (unpaired) electrons. The van der Waals surface area contributed by atoms with Crippen molar-refractivity contribution >= 4 is 17.4 Å². The molecule has 1 aromatic heterocycles. The van der Waals surface area contributed by atoms with E-state index in [9.17, 15) is 0 Å². The number of halogens is 1. The van der Waals surface area contributed by atoms with Crippen molar-refractivity contribution < 1.29 is 0 Å². The Bertz CT molecular complexity index is 333. The lowest BCUT2D eigenvalue weighted by Gasteiger charge is -2.24. The van der Waals surface area contributed by atoms with Crippen LogP contribution >= 0.6 is 11.6 Å². The Morgan fingerprint density at radius 3 is 2.47 bits per heavy atom. The maximum absolute atomic E-state index is 5.88. The number of nitrogens with zero attached hydrogens (tertiary/aromatic N) is 1. The molecule has 0 amide bonds. The second-order valence-corrected chi connectivity index (χ2v) is 4.67. The molecule has 1 heterocycles. The van der Waals surface area contributed by atoms with Crippen LogP contribution in [-0.2, 0) is 0 Å². The molecule has 1 aromatic rings. The highest BCUT2D eigenvalue weighted by molar-refractivity contribution is 6.29. The first-order valence-electron chi connectivity index (χ1n) is 6.65. The van der Waals surface area contributed by atoms with Gasteiger partial charge in [0, 0.05) is 6.04 Å². The topological polar surface area (TPSA) is 24.9 Å². The molecule has 1 fully saturated rings. The second kappa shape index (κ2) is 7.54. The number of nitrogens with one attached hydrogen (secondary N) is 1. The summed E-state index contributed by atoms with van der Waals surface area (Å²) in [6, 6.07) is 4.44. The smallest absolute Gasteiger partial charge is 0.131 e. The Balaban J connectivity index is 0.000000686. The molecule has 2 nitrogen and oxygen atoms in total. The van der Waals surface area contributed by atoms with Crippen LogP contribution < -0.4 is 5.32 Å². The molecule has 1 N–H and O–H groups in total. The van der Waals surface area contributed by atoms with Crippen molar-refractivity contribution in [3.8, 4) is 0 Å². The van der Waals surface area contributed by atoms with Crippen LogP contribution in [0.25, 0.3) is 0 Å². The molecule has 0 aliphatic heterocycles. The van der Waals surface area contributed by atoms with Crippen molar-refractivity contribution in [3.63, 3.8) is 0 Å². The number of anilines is 1. The van der Waals surface area contributed by atoms with Crippen molar-refractivity contribution in [1.29, 1.82) is 0 Å². The van der Waals surface area contributed by atoms with E-state index in [-0.39, 0.29) is 0 Å². The third-order valence-electron chi connectivity index (χ3n) is 3.01. The molecule has 2 rings (SSSR count). The molecule has 0 bridgehead atoms. The number of hydrogen-bond acceptors (Lipinski definition) is 2. The molecule has 0 atom stereocenters. The molecule has 1 saturated carbocycles. The van der Waals surface area contributed by atoms with Crippen LogP contribution in [-0.4, -0.2) is 11.0 Å². The quantitative estimate of drug-likeness (QED) is 0.766. The summed E-state index contributed by atoms with van der Waals surface area (Å²) in [7, 11) is 0. The highest BCUT2D eigenvalue weighted by atomic mass is 35.5. The molecular weight excluding hydrogens is 232 g/mol. The minimum Gasteiger partial charge on any atom is -0.367 e. The van der Waals surface area contributed by atoms with Crippen LogP contribution in [0.5, 0.6) is 0 Å². The van der Waals surface area contributed by atoms with E-state index in [4.69, 9.17) is 11.6 Å². The summed E-state index contributed by atoms with van der Waals surface area (Å²) in [5.41, 5.74) is 1.17. The number of aromatic nitrogens is 1. The maximum atomic E-state index is 5.88. The summed E-state index contributed by atoms with van der Waals surface area (Å²) in [6.45, 7) is 6.06. The van der Waals surface area contributed by atoms with E-state index < -0.39 is 0 Å². The molecular formula is C14H23ClN2. The standard InChI is InChI=1S/C12H17ClN2.C2H6/c1-9-7-8-11(13)15-12(9)14-10-5-3-2-4-6-10;1-2/h7-8,10H,2-6H2,1H3,(H,14,15);1-2H3. The van der Waals surface area contributed by atoms with Gasteiger partial charge in [0.05, 0.1) is 0 Å². The Labute approximate surface area is 110 Å². The van der Waals surface area contributed by atoms with Gasteiger partial charge in [0.25, 0.3) is 0 Å². The summed E-state index contributed by atoms with van der Waals surface area (Å²) < 4.78 is 0. The fourth-order valence-corrected chi connectivity index (χ4v) is 2.24. The Kier molecular flexibility index (Phi) is 6.35. The highest BCUT2D eigenvalue weighted by Gasteiger charge is 2.14. The van der Waals surface area contributed by atoms with Gasteiger partial charge in [0.2, 0.25) is 0 Å². The third-order valence-corrected chi connectivity index (χ3v) is 3.22.